The maximum absolute atomic E-state index is 14.0. The van der Waals surface area contributed by atoms with Gasteiger partial charge >= 0.3 is 12.3 Å². The molecule has 12 nitrogen and oxygen atoms in total. The summed E-state index contributed by atoms with van der Waals surface area (Å²) in [5.74, 6) is -4.64. The van der Waals surface area contributed by atoms with Crippen LogP contribution in [0.2, 0.25) is 0 Å². The lowest BCUT2D eigenvalue weighted by atomic mass is 9.93. The van der Waals surface area contributed by atoms with Gasteiger partial charge in [0.25, 0.3) is 5.91 Å². The first-order chi connectivity index (χ1) is 25.0. The molecule has 5 atom stereocenters. The van der Waals surface area contributed by atoms with E-state index in [0.29, 0.717) is 31.5 Å². The van der Waals surface area contributed by atoms with Crippen LogP contribution in [0.25, 0.3) is 11.3 Å². The topological polar surface area (TPSA) is 164 Å². The second kappa shape index (κ2) is 15.7. The van der Waals surface area contributed by atoms with Crippen molar-refractivity contribution in [2.24, 2.45) is 17.8 Å². The smallest absolute Gasteiger partial charge is 0.416 e. The van der Waals surface area contributed by atoms with E-state index >= 15 is 0 Å². The average molecular weight is 760 g/mol. The highest BCUT2D eigenvalue weighted by Crippen LogP contribution is 2.46. The molecule has 53 heavy (non-hydrogen) atoms. The minimum absolute atomic E-state index is 0.0871. The van der Waals surface area contributed by atoms with Gasteiger partial charge in [0, 0.05) is 31.3 Å². The number of hydrogen-bond donors (Lipinski definition) is 3. The van der Waals surface area contributed by atoms with Crippen LogP contribution < -0.4 is 15.4 Å². The number of nitrogens with zero attached hydrogens (tertiary/aromatic N) is 2. The first-order valence-corrected chi connectivity index (χ1v) is 19.0. The number of carbonyl (C=O) groups excluding carboxylic acids is 4. The number of ether oxygens (including phenoxy) is 1. The van der Waals surface area contributed by atoms with Gasteiger partial charge in [0.2, 0.25) is 21.8 Å². The number of amides is 4. The van der Waals surface area contributed by atoms with Crippen molar-refractivity contribution in [3.63, 3.8) is 0 Å². The molecule has 5 rings (SSSR count). The number of rotatable bonds is 15. The molecular formula is C37H44F3N5O7S. The largest absolute Gasteiger partial charge is 0.446 e. The molecule has 3 aliphatic rings. The van der Waals surface area contributed by atoms with Crippen LogP contribution in [0.3, 0.4) is 0 Å². The summed E-state index contributed by atoms with van der Waals surface area (Å²) in [6.07, 6.45) is 0.737. The number of benzene rings is 1. The molecule has 5 unspecified atom stereocenters. The lowest BCUT2D eigenvalue weighted by Crippen LogP contribution is -2.54. The molecule has 3 fully saturated rings. The van der Waals surface area contributed by atoms with E-state index in [0.717, 1.165) is 25.0 Å². The van der Waals surface area contributed by atoms with E-state index in [2.05, 4.69) is 33.5 Å². The molecule has 3 N–H and O–H groups in total. The number of carbonyl (C=O) groups is 4. The van der Waals surface area contributed by atoms with Crippen LogP contribution in [0, 0.1) is 24.7 Å². The van der Waals surface area contributed by atoms with Crippen molar-refractivity contribution in [1.29, 1.82) is 0 Å². The second-order valence-electron chi connectivity index (χ2n) is 14.0. The predicted octanol–water partition coefficient (Wildman–Crippen LogP) is 5.50. The molecular weight excluding hydrogens is 715 g/mol. The first kappa shape index (κ1) is 39.5. The number of anilines is 1. The second-order valence-corrected chi connectivity index (χ2v) is 16.0. The minimum Gasteiger partial charge on any atom is -0.446 e. The molecule has 1 aromatic carbocycles. The van der Waals surface area contributed by atoms with Crippen LogP contribution >= 0.6 is 0 Å². The Labute approximate surface area is 306 Å². The molecule has 0 saturated heterocycles. The molecule has 286 valence electrons. The minimum atomic E-state index is -4.71. The molecule has 1 aromatic heterocycles. The highest BCUT2D eigenvalue weighted by atomic mass is 32.2. The van der Waals surface area contributed by atoms with E-state index in [1.165, 1.54) is 24.1 Å². The third-order valence-electron chi connectivity index (χ3n) is 10.0. The standard InChI is InChI=1S/C37H44F3N5O7S/c1-5-7-8-11-16-45(4)33(47)28-20-25(19-27(28)32(46)43-36(21-23(36)6-2)34(48)44-53(50,51)26-13-14-26)52-35(49)42-30-18-24(37(38,39)40)17-22(3)31(30)29-12-9-10-15-41-29/h5-6,9-10,12,15,17-18,23,25-28H,1-2,7-8,11,13-14,16,19-21H2,3-4H3,(H,42,49)(H,43,46)(H,44,48). The SMILES string of the molecule is C=CCCCCN(C)C(=O)C1CC(OC(=O)Nc2cc(C(F)(F)F)cc(C)c2-c2ccccn2)CC1C(=O)NC1(C(=O)NS(=O)(=O)C2CC2)CC1C=C. The van der Waals surface area contributed by atoms with Gasteiger partial charge in [-0.2, -0.15) is 13.2 Å². The molecule has 3 saturated carbocycles. The number of allylic oxidation sites excluding steroid dienone is 1. The lowest BCUT2D eigenvalue weighted by molar-refractivity contribution is -0.140. The van der Waals surface area contributed by atoms with Gasteiger partial charge in [-0.25, -0.2) is 13.2 Å². The van der Waals surface area contributed by atoms with Crippen LogP contribution in [0.15, 0.2) is 61.8 Å². The molecule has 16 heteroatoms. The quantitative estimate of drug-likeness (QED) is 0.158. The zero-order chi connectivity index (χ0) is 38.7. The van der Waals surface area contributed by atoms with E-state index < -0.39 is 80.2 Å². The summed E-state index contributed by atoms with van der Waals surface area (Å²) in [6, 6.07) is 6.62. The van der Waals surface area contributed by atoms with Gasteiger partial charge < -0.3 is 15.0 Å². The van der Waals surface area contributed by atoms with E-state index in [-0.39, 0.29) is 36.1 Å². The van der Waals surface area contributed by atoms with Crippen molar-refractivity contribution in [3.8, 4) is 11.3 Å². The molecule has 2 aromatic rings. The summed E-state index contributed by atoms with van der Waals surface area (Å²) in [7, 11) is -2.34. The highest BCUT2D eigenvalue weighted by Gasteiger charge is 2.62. The third kappa shape index (κ3) is 9.08. The van der Waals surface area contributed by atoms with Crippen molar-refractivity contribution in [1.82, 2.24) is 19.9 Å². The van der Waals surface area contributed by atoms with Crippen molar-refractivity contribution in [2.45, 2.75) is 81.4 Å². The fourth-order valence-corrected chi connectivity index (χ4v) is 8.26. The zero-order valence-electron chi connectivity index (χ0n) is 29.6. The van der Waals surface area contributed by atoms with Gasteiger partial charge in [-0.1, -0.05) is 18.2 Å². The van der Waals surface area contributed by atoms with Gasteiger partial charge in [0.05, 0.1) is 34.0 Å². The number of aromatic nitrogens is 1. The van der Waals surface area contributed by atoms with E-state index in [1.807, 2.05) is 0 Å². The molecule has 0 radical (unpaired) electrons. The Bertz CT molecular complexity index is 1870. The lowest BCUT2D eigenvalue weighted by Gasteiger charge is -2.26. The fourth-order valence-electron chi connectivity index (χ4n) is 6.90. The van der Waals surface area contributed by atoms with Gasteiger partial charge in [-0.15, -0.1) is 13.2 Å². The van der Waals surface area contributed by atoms with Crippen LogP contribution in [0.5, 0.6) is 0 Å². The summed E-state index contributed by atoms with van der Waals surface area (Å²) in [6.45, 7) is 9.24. The van der Waals surface area contributed by atoms with E-state index in [1.54, 1.807) is 31.3 Å². The number of halogens is 3. The van der Waals surface area contributed by atoms with Gasteiger partial charge in [0.15, 0.2) is 0 Å². The normalized spacial score (nSPS) is 23.7. The average Bonchev–Trinajstić information content (AvgIpc) is 4.03. The number of nitrogens with one attached hydrogen (secondary N) is 3. The molecule has 0 spiro atoms. The van der Waals surface area contributed by atoms with Crippen LogP contribution in [0.4, 0.5) is 23.7 Å². The summed E-state index contributed by atoms with van der Waals surface area (Å²) >= 11 is 0. The molecule has 4 amide bonds. The Hall–Kier alpha value is -4.73. The summed E-state index contributed by atoms with van der Waals surface area (Å²) in [5, 5.41) is 4.45. The highest BCUT2D eigenvalue weighted by molar-refractivity contribution is 7.91. The van der Waals surface area contributed by atoms with E-state index in [4.69, 9.17) is 4.74 Å². The predicted molar refractivity (Wildman–Crippen MR) is 190 cm³/mol. The van der Waals surface area contributed by atoms with Crippen LogP contribution in [-0.4, -0.2) is 72.6 Å². The monoisotopic (exact) mass is 759 g/mol. The van der Waals surface area contributed by atoms with Gasteiger partial charge in [0.1, 0.15) is 11.6 Å². The summed E-state index contributed by atoms with van der Waals surface area (Å²) < 4.78 is 74.3. The van der Waals surface area contributed by atoms with Gasteiger partial charge in [-0.05, 0) is 88.1 Å². The maximum atomic E-state index is 14.0. The molecule has 0 bridgehead atoms. The Morgan fingerprint density at radius 2 is 1.81 bits per heavy atom. The molecule has 0 aliphatic heterocycles. The molecule has 3 aliphatic carbocycles. The summed E-state index contributed by atoms with van der Waals surface area (Å²) in [5.41, 5.74) is -2.02. The zero-order valence-corrected chi connectivity index (χ0v) is 30.4. The Morgan fingerprint density at radius 3 is 2.42 bits per heavy atom. The number of hydrogen-bond acceptors (Lipinski definition) is 8. The van der Waals surface area contributed by atoms with E-state index in [9.17, 15) is 40.8 Å². The number of aryl methyl sites for hydroxylation is 1. The molecule has 1 heterocycles. The summed E-state index contributed by atoms with van der Waals surface area (Å²) in [4.78, 5) is 60.2. The van der Waals surface area contributed by atoms with Crippen molar-refractivity contribution in [2.75, 3.05) is 18.9 Å². The Kier molecular flexibility index (Phi) is 11.7. The maximum Gasteiger partial charge on any atom is 0.416 e. The number of pyridine rings is 1. The van der Waals surface area contributed by atoms with Gasteiger partial charge in [-0.3, -0.25) is 29.4 Å². The van der Waals surface area contributed by atoms with Crippen molar-refractivity contribution < 1.29 is 45.5 Å². The number of unbranched alkanes of at least 4 members (excludes halogenated alkanes) is 2. The fraction of sp³-hybridized carbons (Fsp3) is 0.486. The first-order valence-electron chi connectivity index (χ1n) is 17.5. The van der Waals surface area contributed by atoms with Crippen molar-refractivity contribution in [3.05, 3.63) is 73.0 Å². The van der Waals surface area contributed by atoms with Crippen molar-refractivity contribution >= 4 is 39.5 Å². The Balaban J connectivity index is 1.37. The number of sulfonamides is 1. The van der Waals surface area contributed by atoms with Crippen LogP contribution in [0.1, 0.15) is 62.5 Å². The Morgan fingerprint density at radius 1 is 1.09 bits per heavy atom. The number of alkyl halides is 3. The van der Waals surface area contributed by atoms with Crippen LogP contribution in [-0.2, 0) is 35.3 Å². The third-order valence-corrected chi connectivity index (χ3v) is 11.9.